The molecule has 1 aromatic rings. The van der Waals surface area contributed by atoms with Crippen molar-refractivity contribution in [2.45, 2.75) is 32.7 Å². The molecule has 0 aliphatic heterocycles. The van der Waals surface area contributed by atoms with Crippen molar-refractivity contribution >= 4 is 11.7 Å². The van der Waals surface area contributed by atoms with E-state index in [0.717, 1.165) is 12.2 Å². The molecule has 0 aliphatic rings. The maximum Gasteiger partial charge on any atom is 0.325 e. The van der Waals surface area contributed by atoms with Gasteiger partial charge in [-0.1, -0.05) is 13.0 Å². The largest absolute Gasteiger partial charge is 0.468 e. The highest BCUT2D eigenvalue weighted by atomic mass is 19.1. The molecule has 1 rings (SSSR count). The van der Waals surface area contributed by atoms with Crippen LogP contribution in [0.5, 0.6) is 0 Å². The number of methoxy groups -OCH3 is 1. The topological polar surface area (TPSA) is 41.6 Å². The van der Waals surface area contributed by atoms with Gasteiger partial charge in [0.15, 0.2) is 0 Å². The van der Waals surface area contributed by atoms with Gasteiger partial charge in [0.05, 0.1) is 7.11 Å². The summed E-state index contributed by atoms with van der Waals surface area (Å²) in [5, 5.41) is 3.18. The highest BCUT2D eigenvalue weighted by molar-refractivity contribution is 5.80. The molecule has 0 spiro atoms. The summed E-state index contributed by atoms with van der Waals surface area (Å²) in [6.07, 6.45) is 0.581. The van der Waals surface area contributed by atoms with Crippen molar-refractivity contribution < 1.29 is 13.9 Å². The normalized spacial score (nSPS) is 13.6. The molecule has 0 aromatic heterocycles. The lowest BCUT2D eigenvalue weighted by atomic mass is 9.97. The minimum Gasteiger partial charge on any atom is -0.468 e. The van der Waals surface area contributed by atoms with Crippen molar-refractivity contribution in [3.8, 4) is 0 Å². The summed E-state index contributed by atoms with van der Waals surface area (Å²) >= 11 is 0. The molecule has 0 saturated heterocycles. The molecule has 1 N–H and O–H groups in total. The van der Waals surface area contributed by atoms with Gasteiger partial charge in [0.1, 0.15) is 11.4 Å². The molecular weight excluding hydrogens is 271 g/mol. The van der Waals surface area contributed by atoms with Gasteiger partial charge in [-0.25, -0.2) is 4.39 Å². The first kappa shape index (κ1) is 17.4. The molecule has 118 valence electrons. The summed E-state index contributed by atoms with van der Waals surface area (Å²) in [4.78, 5) is 14.0. The van der Waals surface area contributed by atoms with Crippen LogP contribution in [-0.4, -0.2) is 38.3 Å². The first-order chi connectivity index (χ1) is 9.96. The number of benzene rings is 1. The second kappa shape index (κ2) is 7.98. The average Bonchev–Trinajstić information content (AvgIpc) is 2.47. The van der Waals surface area contributed by atoms with E-state index in [1.165, 1.54) is 19.2 Å². The zero-order valence-corrected chi connectivity index (χ0v) is 13.3. The Balaban J connectivity index is 2.79. The number of carbonyl (C=O) groups is 1. The van der Waals surface area contributed by atoms with Crippen LogP contribution in [0.25, 0.3) is 0 Å². The summed E-state index contributed by atoms with van der Waals surface area (Å²) in [6.45, 7) is 7.85. The fourth-order valence-corrected chi connectivity index (χ4v) is 2.38. The Bertz CT molecular complexity index is 467. The molecule has 0 bridgehead atoms. The number of carbonyl (C=O) groups excluding carboxylic acids is 1. The van der Waals surface area contributed by atoms with Gasteiger partial charge >= 0.3 is 5.97 Å². The number of ether oxygens (including phenoxy) is 1. The summed E-state index contributed by atoms with van der Waals surface area (Å²) in [5.74, 6) is -0.534. The third-order valence-corrected chi connectivity index (χ3v) is 3.64. The monoisotopic (exact) mass is 296 g/mol. The smallest absolute Gasteiger partial charge is 0.325 e. The molecule has 5 heteroatoms. The zero-order valence-electron chi connectivity index (χ0n) is 13.3. The maximum atomic E-state index is 13.3. The number of esters is 1. The molecule has 0 saturated carbocycles. The van der Waals surface area contributed by atoms with Gasteiger partial charge in [-0.2, -0.15) is 0 Å². The van der Waals surface area contributed by atoms with Crippen molar-refractivity contribution in [3.05, 3.63) is 30.1 Å². The van der Waals surface area contributed by atoms with Gasteiger partial charge in [0.2, 0.25) is 0 Å². The minimum absolute atomic E-state index is 0.256. The van der Waals surface area contributed by atoms with Crippen LogP contribution in [0.4, 0.5) is 10.1 Å². The Morgan fingerprint density at radius 1 is 1.43 bits per heavy atom. The van der Waals surface area contributed by atoms with Crippen LogP contribution in [0.2, 0.25) is 0 Å². The lowest BCUT2D eigenvalue weighted by molar-refractivity contribution is -0.148. The van der Waals surface area contributed by atoms with Crippen LogP contribution >= 0.6 is 0 Å². The van der Waals surface area contributed by atoms with Gasteiger partial charge in [0.25, 0.3) is 0 Å². The average molecular weight is 296 g/mol. The van der Waals surface area contributed by atoms with Crippen molar-refractivity contribution in [1.82, 2.24) is 5.32 Å². The summed E-state index contributed by atoms with van der Waals surface area (Å²) < 4.78 is 18.2. The van der Waals surface area contributed by atoms with Gasteiger partial charge < -0.3 is 15.0 Å². The zero-order chi connectivity index (χ0) is 15.9. The first-order valence-electron chi connectivity index (χ1n) is 7.30. The minimum atomic E-state index is -0.732. The van der Waals surface area contributed by atoms with E-state index >= 15 is 0 Å². The molecule has 1 atom stereocenters. The fourth-order valence-electron chi connectivity index (χ4n) is 2.38. The molecule has 0 radical (unpaired) electrons. The Hall–Kier alpha value is -1.62. The van der Waals surface area contributed by atoms with E-state index in [9.17, 15) is 9.18 Å². The van der Waals surface area contributed by atoms with E-state index in [0.29, 0.717) is 19.5 Å². The summed E-state index contributed by atoms with van der Waals surface area (Å²) in [6, 6.07) is 6.49. The molecule has 0 heterocycles. The predicted octanol–water partition coefficient (Wildman–Crippen LogP) is 2.58. The molecule has 0 aliphatic carbocycles. The number of rotatable bonds is 8. The molecule has 4 nitrogen and oxygen atoms in total. The lowest BCUT2D eigenvalue weighted by Gasteiger charge is -2.31. The molecule has 1 aromatic carbocycles. The fraction of sp³-hybridized carbons (Fsp3) is 0.562. The third-order valence-electron chi connectivity index (χ3n) is 3.64. The van der Waals surface area contributed by atoms with E-state index in [4.69, 9.17) is 4.74 Å². The molecule has 0 amide bonds. The number of halogens is 1. The standard InChI is InChI=1S/C16H25FN2O2/c1-5-18-16(3,15(20)21-4)10-11-19(6-2)14-9-7-8-13(17)12-14/h7-9,12,18H,5-6,10-11H2,1-4H3. The molecule has 1 unspecified atom stereocenters. The highest BCUT2D eigenvalue weighted by Gasteiger charge is 2.33. The second-order valence-electron chi connectivity index (χ2n) is 5.16. The van der Waals surface area contributed by atoms with Crippen LogP contribution in [0.1, 0.15) is 27.2 Å². The SMILES string of the molecule is CCNC(C)(CCN(CC)c1cccc(F)c1)C(=O)OC. The van der Waals surface area contributed by atoms with Crippen LogP contribution in [0.15, 0.2) is 24.3 Å². The van der Waals surface area contributed by atoms with E-state index in [2.05, 4.69) is 5.32 Å². The van der Waals surface area contributed by atoms with Gasteiger partial charge in [-0.05, 0) is 45.0 Å². The molecule has 0 fully saturated rings. The summed E-state index contributed by atoms with van der Waals surface area (Å²) in [5.41, 5.74) is 0.0887. The number of hydrogen-bond acceptors (Lipinski definition) is 4. The summed E-state index contributed by atoms with van der Waals surface area (Å²) in [7, 11) is 1.39. The van der Waals surface area contributed by atoms with Crippen molar-refractivity contribution in [1.29, 1.82) is 0 Å². The van der Waals surface area contributed by atoms with Crippen LogP contribution in [0, 0.1) is 5.82 Å². The predicted molar refractivity (Wildman–Crippen MR) is 83.0 cm³/mol. The number of nitrogens with zero attached hydrogens (tertiary/aromatic N) is 1. The van der Waals surface area contributed by atoms with Crippen LogP contribution in [0.3, 0.4) is 0 Å². The Kier molecular flexibility index (Phi) is 6.62. The van der Waals surface area contributed by atoms with E-state index < -0.39 is 5.54 Å². The van der Waals surface area contributed by atoms with Gasteiger partial charge in [-0.3, -0.25) is 4.79 Å². The van der Waals surface area contributed by atoms with Crippen molar-refractivity contribution in [2.75, 3.05) is 31.6 Å². The molecular formula is C16H25FN2O2. The Morgan fingerprint density at radius 2 is 2.14 bits per heavy atom. The lowest BCUT2D eigenvalue weighted by Crippen LogP contribution is -2.52. The quantitative estimate of drug-likeness (QED) is 0.749. The second-order valence-corrected chi connectivity index (χ2v) is 5.16. The van der Waals surface area contributed by atoms with Crippen molar-refractivity contribution in [2.24, 2.45) is 0 Å². The molecule has 21 heavy (non-hydrogen) atoms. The Morgan fingerprint density at radius 3 is 2.67 bits per heavy atom. The maximum absolute atomic E-state index is 13.3. The van der Waals surface area contributed by atoms with E-state index in [-0.39, 0.29) is 11.8 Å². The number of nitrogens with one attached hydrogen (secondary N) is 1. The van der Waals surface area contributed by atoms with Gasteiger partial charge in [-0.15, -0.1) is 0 Å². The van der Waals surface area contributed by atoms with Crippen LogP contribution < -0.4 is 10.2 Å². The number of hydrogen-bond donors (Lipinski definition) is 1. The Labute approximate surface area is 126 Å². The van der Waals surface area contributed by atoms with Crippen LogP contribution in [-0.2, 0) is 9.53 Å². The van der Waals surface area contributed by atoms with Gasteiger partial charge in [0, 0.05) is 18.8 Å². The number of likely N-dealkylation sites (N-methyl/N-ethyl adjacent to an activating group) is 1. The van der Waals surface area contributed by atoms with Crippen molar-refractivity contribution in [3.63, 3.8) is 0 Å². The van der Waals surface area contributed by atoms with E-state index in [1.807, 2.05) is 31.7 Å². The van der Waals surface area contributed by atoms with E-state index in [1.54, 1.807) is 6.07 Å². The first-order valence-corrected chi connectivity index (χ1v) is 7.30. The highest BCUT2D eigenvalue weighted by Crippen LogP contribution is 2.19. The third kappa shape index (κ3) is 4.70. The number of anilines is 1.